The molecule has 10 nitrogen and oxygen atoms in total. The van der Waals surface area contributed by atoms with E-state index in [1.165, 1.54) is 31.0 Å². The van der Waals surface area contributed by atoms with Gasteiger partial charge in [-0.05, 0) is 43.0 Å². The Labute approximate surface area is 255 Å². The lowest BCUT2D eigenvalue weighted by Crippen LogP contribution is -2.52. The predicted molar refractivity (Wildman–Crippen MR) is 161 cm³/mol. The van der Waals surface area contributed by atoms with Crippen LogP contribution in [0.1, 0.15) is 30.7 Å². The first-order valence-electron chi connectivity index (χ1n) is 14.5. The van der Waals surface area contributed by atoms with Gasteiger partial charge in [-0.3, -0.25) is 9.59 Å². The van der Waals surface area contributed by atoms with E-state index in [1.54, 1.807) is 35.0 Å². The molecule has 3 aliphatic rings. The Balaban J connectivity index is 1.40. The molecule has 12 heteroatoms. The van der Waals surface area contributed by atoms with Crippen molar-refractivity contribution in [1.82, 2.24) is 19.6 Å². The molecule has 4 atom stereocenters. The van der Waals surface area contributed by atoms with Crippen LogP contribution in [0.3, 0.4) is 0 Å². The van der Waals surface area contributed by atoms with E-state index in [0.717, 1.165) is 6.42 Å². The van der Waals surface area contributed by atoms with E-state index in [4.69, 9.17) is 21.1 Å². The predicted octanol–water partition coefficient (Wildman–Crippen LogP) is 3.91. The highest BCUT2D eigenvalue weighted by atomic mass is 35.5. The van der Waals surface area contributed by atoms with Crippen molar-refractivity contribution >= 4 is 29.4 Å². The summed E-state index contributed by atoms with van der Waals surface area (Å²) in [5.74, 6) is -0.552. The van der Waals surface area contributed by atoms with Crippen LogP contribution in [0.15, 0.2) is 58.4 Å². The molecule has 5 rings (SSSR count). The Morgan fingerprint density at radius 2 is 1.91 bits per heavy atom. The first-order chi connectivity index (χ1) is 20.7. The number of ether oxygens (including phenoxy) is 2. The first kappa shape index (κ1) is 30.6. The Morgan fingerprint density at radius 3 is 2.58 bits per heavy atom. The number of carbonyl (C=O) groups excluding carboxylic acids is 2. The molecule has 1 unspecified atom stereocenters. The standard InChI is InChI=1S/C31H37ClFN5O5/c1-35-29(39)13-12-28(34-35)37-18-24(23-11-10-22(42-2)17-26(23)33)25(19-37)30(40)36-14-4-5-27(20-6-8-21(32)9-7-20)38(16-15-36)31(41)43-3/h6,8-13,17,20,24-25,27H,4-5,7,14-16,18-19H2,1-3H3/t20?,24-,25+,27-/m0/s1. The average molecular weight is 614 g/mol. The summed E-state index contributed by atoms with van der Waals surface area (Å²) in [5.41, 5.74) is 0.177. The zero-order valence-corrected chi connectivity index (χ0v) is 25.4. The topological polar surface area (TPSA) is 97.2 Å². The van der Waals surface area contributed by atoms with Crippen molar-refractivity contribution in [2.45, 2.75) is 31.2 Å². The van der Waals surface area contributed by atoms with Gasteiger partial charge in [0.2, 0.25) is 5.91 Å². The molecule has 2 fully saturated rings. The van der Waals surface area contributed by atoms with Gasteiger partial charge in [0, 0.05) is 74.8 Å². The van der Waals surface area contributed by atoms with Gasteiger partial charge in [0.15, 0.2) is 0 Å². The Morgan fingerprint density at radius 1 is 1.09 bits per heavy atom. The molecule has 43 heavy (non-hydrogen) atoms. The molecule has 3 heterocycles. The number of amides is 2. The van der Waals surface area contributed by atoms with E-state index in [0.29, 0.717) is 67.7 Å². The van der Waals surface area contributed by atoms with Gasteiger partial charge >= 0.3 is 6.09 Å². The van der Waals surface area contributed by atoms with E-state index in [-0.39, 0.29) is 23.4 Å². The second-order valence-corrected chi connectivity index (χ2v) is 11.6. The van der Waals surface area contributed by atoms with Gasteiger partial charge in [-0.15, -0.1) is 0 Å². The summed E-state index contributed by atoms with van der Waals surface area (Å²) >= 11 is 6.14. The number of rotatable bonds is 5. The van der Waals surface area contributed by atoms with Gasteiger partial charge in [-0.25, -0.2) is 13.9 Å². The van der Waals surface area contributed by atoms with Crippen LogP contribution in [-0.2, 0) is 16.6 Å². The van der Waals surface area contributed by atoms with Crippen LogP contribution in [0.5, 0.6) is 5.75 Å². The maximum atomic E-state index is 15.4. The Bertz CT molecular complexity index is 1480. The molecule has 2 saturated heterocycles. The van der Waals surface area contributed by atoms with Gasteiger partial charge in [0.05, 0.1) is 20.1 Å². The van der Waals surface area contributed by atoms with Gasteiger partial charge in [0.1, 0.15) is 17.4 Å². The number of aryl methyl sites for hydroxylation is 1. The first-order valence-corrected chi connectivity index (χ1v) is 14.9. The summed E-state index contributed by atoms with van der Waals surface area (Å²) in [4.78, 5) is 44.6. The minimum absolute atomic E-state index is 0.0825. The monoisotopic (exact) mass is 613 g/mol. The van der Waals surface area contributed by atoms with Crippen molar-refractivity contribution in [1.29, 1.82) is 0 Å². The van der Waals surface area contributed by atoms with Crippen LogP contribution >= 0.6 is 11.6 Å². The Hall–Kier alpha value is -3.86. The minimum atomic E-state index is -0.572. The third-order valence-electron chi connectivity index (χ3n) is 8.76. The van der Waals surface area contributed by atoms with Gasteiger partial charge < -0.3 is 24.2 Å². The molecule has 0 spiro atoms. The quantitative estimate of drug-likeness (QED) is 0.505. The zero-order valence-electron chi connectivity index (χ0n) is 24.6. The van der Waals surface area contributed by atoms with Crippen LogP contribution in [0.2, 0.25) is 0 Å². The summed E-state index contributed by atoms with van der Waals surface area (Å²) < 4.78 is 27.0. The largest absolute Gasteiger partial charge is 0.497 e. The van der Waals surface area contributed by atoms with Crippen molar-refractivity contribution in [2.75, 3.05) is 51.8 Å². The van der Waals surface area contributed by atoms with Crippen LogP contribution in [0.4, 0.5) is 15.0 Å². The molecular weight excluding hydrogens is 577 g/mol. The van der Waals surface area contributed by atoms with E-state index in [1.807, 2.05) is 23.1 Å². The van der Waals surface area contributed by atoms with E-state index < -0.39 is 23.7 Å². The normalized spacial score (nSPS) is 24.3. The molecule has 1 aromatic carbocycles. The van der Waals surface area contributed by atoms with Crippen molar-refractivity contribution < 1.29 is 23.5 Å². The molecule has 2 aliphatic heterocycles. The Kier molecular flexibility index (Phi) is 9.39. The van der Waals surface area contributed by atoms with Gasteiger partial charge in [-0.2, -0.15) is 5.10 Å². The molecule has 0 radical (unpaired) electrons. The molecule has 1 aromatic heterocycles. The summed E-state index contributed by atoms with van der Waals surface area (Å²) in [7, 11) is 4.41. The molecule has 1 aliphatic carbocycles. The lowest BCUT2D eigenvalue weighted by molar-refractivity contribution is -0.136. The van der Waals surface area contributed by atoms with Crippen LogP contribution < -0.4 is 15.2 Å². The summed E-state index contributed by atoms with van der Waals surface area (Å²) in [6.45, 7) is 1.80. The number of halogens is 2. The van der Waals surface area contributed by atoms with E-state index in [2.05, 4.69) is 5.10 Å². The lowest BCUT2D eigenvalue weighted by atomic mass is 9.86. The van der Waals surface area contributed by atoms with Crippen LogP contribution in [0, 0.1) is 17.7 Å². The van der Waals surface area contributed by atoms with Crippen molar-refractivity contribution in [3.63, 3.8) is 0 Å². The maximum absolute atomic E-state index is 15.4. The highest BCUT2D eigenvalue weighted by molar-refractivity contribution is 6.31. The average Bonchev–Trinajstić information content (AvgIpc) is 3.43. The molecule has 2 aromatic rings. The fourth-order valence-corrected chi connectivity index (χ4v) is 6.61. The van der Waals surface area contributed by atoms with Crippen molar-refractivity contribution in [3.05, 3.63) is 75.3 Å². The molecule has 0 bridgehead atoms. The third kappa shape index (κ3) is 6.56. The highest BCUT2D eigenvalue weighted by Crippen LogP contribution is 2.38. The van der Waals surface area contributed by atoms with Crippen molar-refractivity contribution in [2.24, 2.45) is 18.9 Å². The zero-order chi connectivity index (χ0) is 30.7. The van der Waals surface area contributed by atoms with E-state index >= 15 is 4.39 Å². The summed E-state index contributed by atoms with van der Waals surface area (Å²) in [6, 6.07) is 7.67. The molecule has 2 amide bonds. The number of hydrogen-bond donors (Lipinski definition) is 0. The summed E-state index contributed by atoms with van der Waals surface area (Å²) in [6.07, 6.45) is 7.54. The minimum Gasteiger partial charge on any atom is -0.497 e. The molecule has 0 N–H and O–H groups in total. The lowest BCUT2D eigenvalue weighted by Gasteiger charge is -2.40. The maximum Gasteiger partial charge on any atom is 0.409 e. The fourth-order valence-electron chi connectivity index (χ4n) is 6.44. The second-order valence-electron chi connectivity index (χ2n) is 11.2. The SMILES string of the molecule is COC(=O)N1CCN(C(=O)[C@@H]2CN(c3ccc(=O)n(C)n3)C[C@H]2c2ccc(OC)cc2F)CCC[C@H]1C1C=CC(Cl)=CC1. The smallest absolute Gasteiger partial charge is 0.409 e. The van der Waals surface area contributed by atoms with Crippen LogP contribution in [0.25, 0.3) is 0 Å². The number of allylic oxidation sites excluding steroid dienone is 3. The van der Waals surface area contributed by atoms with Gasteiger partial charge in [-0.1, -0.05) is 29.8 Å². The van der Waals surface area contributed by atoms with Gasteiger partial charge in [0.25, 0.3) is 5.56 Å². The molecule has 230 valence electrons. The number of hydrogen-bond acceptors (Lipinski definition) is 7. The summed E-state index contributed by atoms with van der Waals surface area (Å²) in [5, 5.41) is 5.06. The molecular formula is C31H37ClFN5O5. The number of anilines is 1. The van der Waals surface area contributed by atoms with Crippen LogP contribution in [-0.4, -0.2) is 84.6 Å². The fraction of sp³-hybridized carbons (Fsp3) is 0.484. The van der Waals surface area contributed by atoms with Crippen molar-refractivity contribution in [3.8, 4) is 5.75 Å². The number of nitrogens with zero attached hydrogens (tertiary/aromatic N) is 5. The van der Waals surface area contributed by atoms with E-state index in [9.17, 15) is 14.4 Å². The number of carbonyl (C=O) groups is 2. The third-order valence-corrected chi connectivity index (χ3v) is 9.04. The highest BCUT2D eigenvalue weighted by Gasteiger charge is 2.43. The number of aromatic nitrogens is 2. The molecule has 0 saturated carbocycles. The number of benzene rings is 1. The number of methoxy groups -OCH3 is 2. The second kappa shape index (κ2) is 13.2.